The molecule has 5 rings (SSSR count). The van der Waals surface area contributed by atoms with Gasteiger partial charge in [-0.1, -0.05) is 0 Å². The van der Waals surface area contributed by atoms with Gasteiger partial charge in [-0.15, -0.1) is 0 Å². The zero-order valence-corrected chi connectivity index (χ0v) is 22.4. The zero-order chi connectivity index (χ0) is 28.1. The van der Waals surface area contributed by atoms with E-state index in [-0.39, 0.29) is 22.3 Å². The number of nitro groups is 1. The summed E-state index contributed by atoms with van der Waals surface area (Å²) in [5, 5.41) is 17.3. The van der Waals surface area contributed by atoms with Crippen LogP contribution in [0.25, 0.3) is 0 Å². The summed E-state index contributed by atoms with van der Waals surface area (Å²) in [6, 6.07) is 15.3. The molecule has 13 heteroatoms. The number of nitrogens with one attached hydrogen (secondary N) is 2. The number of amides is 2. The number of hydrogen-bond donors (Lipinski definition) is 2. The van der Waals surface area contributed by atoms with E-state index in [0.717, 1.165) is 5.69 Å². The third kappa shape index (κ3) is 6.21. The molecule has 40 heavy (non-hydrogen) atoms. The number of nitrogens with zero attached hydrogens (tertiary/aromatic N) is 4. The molecular formula is C27H28N6O6S. The van der Waals surface area contributed by atoms with Crippen LogP contribution in [-0.4, -0.2) is 79.2 Å². The summed E-state index contributed by atoms with van der Waals surface area (Å²) >= 11 is 5.30. The fraction of sp³-hybridized carbons (Fsp3) is 0.296. The number of carbonyl (C=O) groups excluding carboxylic acids is 2. The predicted octanol–water partition coefficient (Wildman–Crippen LogP) is 3.11. The van der Waals surface area contributed by atoms with Gasteiger partial charge in [0.2, 0.25) is 0 Å². The van der Waals surface area contributed by atoms with Gasteiger partial charge in [-0.3, -0.25) is 25.0 Å². The van der Waals surface area contributed by atoms with Crippen LogP contribution in [0.4, 0.5) is 22.7 Å². The Kier molecular flexibility index (Phi) is 8.22. The van der Waals surface area contributed by atoms with Crippen molar-refractivity contribution in [2.75, 3.05) is 67.6 Å². The van der Waals surface area contributed by atoms with Crippen molar-refractivity contribution >= 4 is 51.9 Å². The highest BCUT2D eigenvalue weighted by Crippen LogP contribution is 2.30. The summed E-state index contributed by atoms with van der Waals surface area (Å²) in [6.07, 6.45) is 1.49. The maximum atomic E-state index is 12.8. The van der Waals surface area contributed by atoms with Gasteiger partial charge in [-0.25, -0.2) is 0 Å². The van der Waals surface area contributed by atoms with Gasteiger partial charge in [0.1, 0.15) is 5.69 Å². The molecule has 208 valence electrons. The number of anilines is 3. The largest absolute Gasteiger partial charge is 0.459 e. The number of piperazine rings is 1. The Hall–Kier alpha value is -4.49. The van der Waals surface area contributed by atoms with Crippen molar-refractivity contribution in [3.63, 3.8) is 0 Å². The van der Waals surface area contributed by atoms with Crippen molar-refractivity contribution in [3.05, 3.63) is 82.3 Å². The molecule has 0 bridgehead atoms. The molecule has 2 fully saturated rings. The molecule has 0 saturated carbocycles. The smallest absolute Gasteiger partial charge is 0.293 e. The van der Waals surface area contributed by atoms with Gasteiger partial charge in [0, 0.05) is 62.3 Å². The van der Waals surface area contributed by atoms with Crippen molar-refractivity contribution in [3.8, 4) is 0 Å². The van der Waals surface area contributed by atoms with E-state index in [1.165, 1.54) is 12.3 Å². The van der Waals surface area contributed by atoms with Crippen LogP contribution in [0.2, 0.25) is 0 Å². The van der Waals surface area contributed by atoms with Gasteiger partial charge in [-0.2, -0.15) is 0 Å². The number of ether oxygens (including phenoxy) is 1. The van der Waals surface area contributed by atoms with Gasteiger partial charge in [0.25, 0.3) is 17.5 Å². The van der Waals surface area contributed by atoms with Crippen LogP contribution in [-0.2, 0) is 4.74 Å². The van der Waals surface area contributed by atoms with Crippen LogP contribution in [0.3, 0.4) is 0 Å². The van der Waals surface area contributed by atoms with E-state index in [1.54, 1.807) is 29.2 Å². The van der Waals surface area contributed by atoms with Gasteiger partial charge < -0.3 is 29.2 Å². The molecule has 2 N–H and O–H groups in total. The first-order chi connectivity index (χ1) is 19.4. The molecule has 2 amide bonds. The normalized spacial score (nSPS) is 15.4. The molecular weight excluding hydrogens is 536 g/mol. The fourth-order valence-electron chi connectivity index (χ4n) is 4.70. The van der Waals surface area contributed by atoms with Crippen LogP contribution in [0.1, 0.15) is 20.9 Å². The van der Waals surface area contributed by atoms with E-state index < -0.39 is 10.8 Å². The number of furan rings is 1. The van der Waals surface area contributed by atoms with Gasteiger partial charge in [0.15, 0.2) is 10.9 Å². The lowest BCUT2D eigenvalue weighted by atomic mass is 10.1. The first kappa shape index (κ1) is 27.1. The number of hydrogen-bond acceptors (Lipinski definition) is 9. The molecule has 2 aliphatic heterocycles. The van der Waals surface area contributed by atoms with E-state index in [2.05, 4.69) is 15.5 Å². The Morgan fingerprint density at radius 2 is 1.65 bits per heavy atom. The Morgan fingerprint density at radius 3 is 2.30 bits per heavy atom. The molecule has 0 atom stereocenters. The van der Waals surface area contributed by atoms with Crippen molar-refractivity contribution in [2.24, 2.45) is 0 Å². The minimum Gasteiger partial charge on any atom is -0.459 e. The minimum atomic E-state index is -0.548. The second-order valence-corrected chi connectivity index (χ2v) is 9.68. The van der Waals surface area contributed by atoms with Crippen LogP contribution in [0, 0.1) is 10.1 Å². The molecule has 2 aromatic carbocycles. The number of morpholine rings is 1. The summed E-state index contributed by atoms with van der Waals surface area (Å²) in [4.78, 5) is 42.3. The van der Waals surface area contributed by atoms with Crippen LogP contribution in [0.15, 0.2) is 65.3 Å². The second-order valence-electron chi connectivity index (χ2n) is 9.27. The maximum absolute atomic E-state index is 12.8. The number of benzene rings is 2. The van der Waals surface area contributed by atoms with E-state index >= 15 is 0 Å². The Labute approximate surface area is 235 Å². The number of rotatable bonds is 6. The molecule has 1 aromatic heterocycles. The number of nitro benzene ring substituents is 1. The van der Waals surface area contributed by atoms with Crippen molar-refractivity contribution in [2.45, 2.75) is 0 Å². The lowest BCUT2D eigenvalue weighted by molar-refractivity contribution is -0.384. The van der Waals surface area contributed by atoms with Gasteiger partial charge >= 0.3 is 0 Å². The third-order valence-corrected chi connectivity index (χ3v) is 7.01. The Bertz CT molecular complexity index is 1380. The first-order valence-electron chi connectivity index (χ1n) is 12.8. The van der Waals surface area contributed by atoms with Gasteiger partial charge in [-0.05, 0) is 60.7 Å². The predicted molar refractivity (Wildman–Crippen MR) is 153 cm³/mol. The molecule has 3 heterocycles. The van der Waals surface area contributed by atoms with E-state index in [4.69, 9.17) is 21.4 Å². The van der Waals surface area contributed by atoms with E-state index in [9.17, 15) is 19.7 Å². The quantitative estimate of drug-likeness (QED) is 0.261. The first-order valence-corrected chi connectivity index (χ1v) is 13.2. The van der Waals surface area contributed by atoms with E-state index in [1.807, 2.05) is 29.2 Å². The van der Waals surface area contributed by atoms with Crippen molar-refractivity contribution in [1.29, 1.82) is 0 Å². The minimum absolute atomic E-state index is 0.0720. The summed E-state index contributed by atoms with van der Waals surface area (Å²) in [7, 11) is 0. The highest BCUT2D eigenvalue weighted by molar-refractivity contribution is 7.80. The zero-order valence-electron chi connectivity index (χ0n) is 21.6. The van der Waals surface area contributed by atoms with Crippen LogP contribution in [0.5, 0.6) is 0 Å². The van der Waals surface area contributed by atoms with Crippen LogP contribution >= 0.6 is 12.2 Å². The van der Waals surface area contributed by atoms with E-state index in [0.29, 0.717) is 69.6 Å². The lowest BCUT2D eigenvalue weighted by Crippen LogP contribution is -2.48. The number of thiocarbonyl (C=S) groups is 1. The molecule has 0 radical (unpaired) electrons. The molecule has 12 nitrogen and oxygen atoms in total. The molecule has 0 unspecified atom stereocenters. The third-order valence-electron chi connectivity index (χ3n) is 6.80. The lowest BCUT2D eigenvalue weighted by Gasteiger charge is -2.35. The Morgan fingerprint density at radius 1 is 0.925 bits per heavy atom. The highest BCUT2D eigenvalue weighted by atomic mass is 32.1. The van der Waals surface area contributed by atoms with Crippen LogP contribution < -0.4 is 20.4 Å². The molecule has 0 aliphatic carbocycles. The monoisotopic (exact) mass is 564 g/mol. The maximum Gasteiger partial charge on any atom is 0.293 e. The second kappa shape index (κ2) is 12.1. The summed E-state index contributed by atoms with van der Waals surface area (Å²) in [6.45, 7) is 4.60. The molecule has 2 saturated heterocycles. The van der Waals surface area contributed by atoms with Gasteiger partial charge in [0.05, 0.1) is 24.4 Å². The summed E-state index contributed by atoms with van der Waals surface area (Å²) in [5.74, 6) is -0.315. The molecule has 2 aliphatic rings. The highest BCUT2D eigenvalue weighted by Gasteiger charge is 2.25. The average Bonchev–Trinajstić information content (AvgIpc) is 3.52. The average molecular weight is 565 g/mol. The Balaban J connectivity index is 1.14. The fourth-order valence-corrected chi connectivity index (χ4v) is 4.91. The summed E-state index contributed by atoms with van der Waals surface area (Å²) in [5.41, 5.74) is 2.12. The van der Waals surface area contributed by atoms with Crippen molar-refractivity contribution < 1.29 is 23.7 Å². The number of carbonyl (C=O) groups is 2. The summed E-state index contributed by atoms with van der Waals surface area (Å²) < 4.78 is 10.5. The topological polar surface area (TPSA) is 133 Å². The standard InChI is InChI=1S/C27H28N6O6S/c34-25(19-3-8-22(23(18-19)33(36)37)31-13-16-38-17-14-31)29-27(40)28-20-4-6-21(7-5-20)30-9-11-32(12-10-30)26(35)24-2-1-15-39-24/h1-8,15,18H,9-14,16-17H2,(H2,28,29,34,40). The molecule has 0 spiro atoms. The van der Waals surface area contributed by atoms with Crippen molar-refractivity contribution in [1.82, 2.24) is 10.2 Å². The molecule has 3 aromatic rings. The SMILES string of the molecule is O=C(NC(=S)Nc1ccc(N2CCN(C(=O)c3ccco3)CC2)cc1)c1ccc(N2CCOCC2)c([N+](=O)[O-])c1.